The topological polar surface area (TPSA) is 119 Å². The smallest absolute Gasteiger partial charge is 0.180 e. The van der Waals surface area contributed by atoms with Crippen molar-refractivity contribution in [3.05, 3.63) is 29.8 Å². The Labute approximate surface area is 131 Å². The summed E-state index contributed by atoms with van der Waals surface area (Å²) in [5, 5.41) is 19.6. The van der Waals surface area contributed by atoms with E-state index < -0.39 is 24.0 Å². The van der Waals surface area contributed by atoms with Gasteiger partial charge >= 0.3 is 0 Å². The van der Waals surface area contributed by atoms with Crippen molar-refractivity contribution in [1.82, 2.24) is 0 Å². The van der Waals surface area contributed by atoms with E-state index in [0.717, 1.165) is 5.56 Å². The van der Waals surface area contributed by atoms with Gasteiger partial charge in [0, 0.05) is 6.54 Å². The first-order chi connectivity index (χ1) is 10.4. The summed E-state index contributed by atoms with van der Waals surface area (Å²) in [6.07, 6.45) is -2.31. The van der Waals surface area contributed by atoms with Crippen molar-refractivity contribution in [2.75, 3.05) is 13.2 Å². The molecule has 0 amide bonds. The predicted molar refractivity (Wildman–Crippen MR) is 84.5 cm³/mol. The van der Waals surface area contributed by atoms with Gasteiger partial charge in [-0.3, -0.25) is 4.79 Å². The van der Waals surface area contributed by atoms with Crippen molar-refractivity contribution in [2.24, 2.45) is 17.4 Å². The van der Waals surface area contributed by atoms with E-state index >= 15 is 0 Å². The second-order valence-corrected chi connectivity index (χ2v) is 5.68. The highest BCUT2D eigenvalue weighted by atomic mass is 16.5. The van der Waals surface area contributed by atoms with E-state index in [-0.39, 0.29) is 12.3 Å². The molecule has 0 saturated heterocycles. The normalized spacial score (nSPS) is 15.4. The molecule has 0 bridgehead atoms. The second kappa shape index (κ2) is 8.85. The van der Waals surface area contributed by atoms with Gasteiger partial charge in [0.15, 0.2) is 5.78 Å². The number of ketones is 1. The highest BCUT2D eigenvalue weighted by Crippen LogP contribution is 2.16. The highest BCUT2D eigenvalue weighted by Gasteiger charge is 2.30. The molecule has 0 aromatic heterocycles. The number of carbonyl (C=O) groups excluding carboxylic acids is 1. The Morgan fingerprint density at radius 3 is 2.59 bits per heavy atom. The van der Waals surface area contributed by atoms with Crippen LogP contribution in [0.25, 0.3) is 0 Å². The zero-order chi connectivity index (χ0) is 16.7. The fourth-order valence-corrected chi connectivity index (χ4v) is 2.05. The van der Waals surface area contributed by atoms with E-state index in [2.05, 4.69) is 0 Å². The van der Waals surface area contributed by atoms with Crippen molar-refractivity contribution in [3.63, 3.8) is 0 Å². The van der Waals surface area contributed by atoms with Gasteiger partial charge < -0.3 is 26.4 Å². The van der Waals surface area contributed by atoms with Crippen molar-refractivity contribution < 1.29 is 19.7 Å². The predicted octanol–water partition coefficient (Wildman–Crippen LogP) is -0.159. The van der Waals surface area contributed by atoms with Crippen LogP contribution in [0.5, 0.6) is 5.75 Å². The number of carbonyl (C=O) groups is 1. The van der Waals surface area contributed by atoms with Gasteiger partial charge in [-0.05, 0) is 30.0 Å². The number of aliphatic hydroxyl groups excluding tert-OH is 2. The SMILES string of the molecule is CC(C)C(O)C(O)C(=O)[C@@H](N)Cc1cccc(OCCN)c1. The number of Topliss-reactive ketones (excluding diaryl/α,β-unsaturated/α-hetero) is 1. The third-order valence-corrected chi connectivity index (χ3v) is 3.40. The summed E-state index contributed by atoms with van der Waals surface area (Å²) in [6.45, 7) is 4.28. The van der Waals surface area contributed by atoms with Crippen molar-refractivity contribution >= 4 is 5.78 Å². The van der Waals surface area contributed by atoms with E-state index in [4.69, 9.17) is 16.2 Å². The number of ether oxygens (including phenoxy) is 1. The van der Waals surface area contributed by atoms with Crippen LogP contribution in [0.15, 0.2) is 24.3 Å². The largest absolute Gasteiger partial charge is 0.492 e. The van der Waals surface area contributed by atoms with Gasteiger partial charge in [0.25, 0.3) is 0 Å². The summed E-state index contributed by atoms with van der Waals surface area (Å²) in [5.74, 6) is -0.126. The van der Waals surface area contributed by atoms with Crippen LogP contribution in [0, 0.1) is 5.92 Å². The van der Waals surface area contributed by atoms with Gasteiger partial charge in [-0.15, -0.1) is 0 Å². The van der Waals surface area contributed by atoms with Crippen molar-refractivity contribution in [2.45, 2.75) is 38.5 Å². The molecule has 0 aliphatic carbocycles. The second-order valence-electron chi connectivity index (χ2n) is 5.68. The molecule has 6 heteroatoms. The first-order valence-electron chi connectivity index (χ1n) is 7.44. The van der Waals surface area contributed by atoms with Crippen LogP contribution in [0.4, 0.5) is 0 Å². The van der Waals surface area contributed by atoms with Gasteiger partial charge in [-0.1, -0.05) is 26.0 Å². The molecule has 0 fully saturated rings. The lowest BCUT2D eigenvalue weighted by atomic mass is 9.93. The van der Waals surface area contributed by atoms with Gasteiger partial charge in [0.2, 0.25) is 0 Å². The maximum Gasteiger partial charge on any atom is 0.180 e. The summed E-state index contributed by atoms with van der Waals surface area (Å²) < 4.78 is 5.41. The number of nitrogens with two attached hydrogens (primary N) is 2. The molecule has 0 saturated carbocycles. The number of hydrogen-bond donors (Lipinski definition) is 4. The van der Waals surface area contributed by atoms with E-state index in [0.29, 0.717) is 18.9 Å². The van der Waals surface area contributed by atoms with Gasteiger partial charge in [0.05, 0.1) is 12.1 Å². The van der Waals surface area contributed by atoms with E-state index in [1.54, 1.807) is 32.0 Å². The highest BCUT2D eigenvalue weighted by molar-refractivity contribution is 5.88. The first kappa shape index (κ1) is 18.6. The molecule has 124 valence electrons. The fraction of sp³-hybridized carbons (Fsp3) is 0.562. The molecule has 2 unspecified atom stereocenters. The lowest BCUT2D eigenvalue weighted by Crippen LogP contribution is -2.47. The maximum atomic E-state index is 12.1. The molecule has 0 heterocycles. The number of hydrogen-bond acceptors (Lipinski definition) is 6. The van der Waals surface area contributed by atoms with Gasteiger partial charge in [-0.2, -0.15) is 0 Å². The lowest BCUT2D eigenvalue weighted by Gasteiger charge is -2.22. The molecule has 0 spiro atoms. The van der Waals surface area contributed by atoms with Gasteiger partial charge in [-0.25, -0.2) is 0 Å². The molecular formula is C16H26N2O4. The molecule has 1 aromatic rings. The minimum atomic E-state index is -1.47. The van der Waals surface area contributed by atoms with E-state index in [1.807, 2.05) is 6.07 Å². The van der Waals surface area contributed by atoms with Crippen molar-refractivity contribution in [1.29, 1.82) is 0 Å². The maximum absolute atomic E-state index is 12.1. The van der Waals surface area contributed by atoms with Crippen LogP contribution < -0.4 is 16.2 Å². The van der Waals surface area contributed by atoms with Crippen LogP contribution in [-0.2, 0) is 11.2 Å². The Kier molecular flexibility index (Phi) is 7.47. The Balaban J connectivity index is 2.67. The summed E-state index contributed by atoms with van der Waals surface area (Å²) in [5.41, 5.74) is 12.1. The van der Waals surface area contributed by atoms with E-state index in [1.165, 1.54) is 0 Å². The average Bonchev–Trinajstić information content (AvgIpc) is 2.50. The molecule has 0 aliphatic rings. The minimum Gasteiger partial charge on any atom is -0.492 e. The van der Waals surface area contributed by atoms with Crippen LogP contribution in [0.2, 0.25) is 0 Å². The minimum absolute atomic E-state index is 0.223. The molecule has 0 aliphatic heterocycles. The first-order valence-corrected chi connectivity index (χ1v) is 7.44. The zero-order valence-corrected chi connectivity index (χ0v) is 13.1. The van der Waals surface area contributed by atoms with Crippen LogP contribution in [-0.4, -0.2) is 47.4 Å². The molecule has 22 heavy (non-hydrogen) atoms. The Morgan fingerprint density at radius 2 is 2.00 bits per heavy atom. The molecule has 1 aromatic carbocycles. The standard InChI is InChI=1S/C16H26N2O4/c1-10(2)14(19)16(21)15(20)13(18)9-11-4-3-5-12(8-11)22-7-6-17/h3-5,8,10,13-14,16,19,21H,6-7,9,17-18H2,1-2H3/t13-,14?,16?/m0/s1. The van der Waals surface area contributed by atoms with Crippen LogP contribution in [0.3, 0.4) is 0 Å². The average molecular weight is 310 g/mol. The zero-order valence-electron chi connectivity index (χ0n) is 13.1. The third kappa shape index (κ3) is 5.38. The molecular weight excluding hydrogens is 284 g/mol. The molecule has 6 nitrogen and oxygen atoms in total. The fourth-order valence-electron chi connectivity index (χ4n) is 2.05. The monoisotopic (exact) mass is 310 g/mol. The summed E-state index contributed by atoms with van der Waals surface area (Å²) in [6, 6.07) is 6.33. The van der Waals surface area contributed by atoms with Crippen LogP contribution >= 0.6 is 0 Å². The molecule has 6 N–H and O–H groups in total. The summed E-state index contributed by atoms with van der Waals surface area (Å²) >= 11 is 0. The summed E-state index contributed by atoms with van der Waals surface area (Å²) in [7, 11) is 0. The van der Waals surface area contributed by atoms with Gasteiger partial charge in [0.1, 0.15) is 18.5 Å². The number of rotatable bonds is 9. The van der Waals surface area contributed by atoms with Crippen LogP contribution in [0.1, 0.15) is 19.4 Å². The Bertz CT molecular complexity index is 479. The lowest BCUT2D eigenvalue weighted by molar-refractivity contribution is -0.136. The summed E-state index contributed by atoms with van der Waals surface area (Å²) in [4.78, 5) is 12.1. The number of benzene rings is 1. The number of aliphatic hydroxyl groups is 2. The molecule has 1 rings (SSSR count). The third-order valence-electron chi connectivity index (χ3n) is 3.40. The quantitative estimate of drug-likeness (QED) is 0.503. The molecule has 3 atom stereocenters. The Hall–Kier alpha value is -1.47. The molecule has 0 radical (unpaired) electrons. The van der Waals surface area contributed by atoms with Crippen molar-refractivity contribution in [3.8, 4) is 5.75 Å². The van der Waals surface area contributed by atoms with E-state index in [9.17, 15) is 15.0 Å². The Morgan fingerprint density at radius 1 is 1.32 bits per heavy atom.